The molecule has 368 valence electrons. The Morgan fingerprint density at radius 3 is 1.30 bits per heavy atom. The molecule has 0 aliphatic carbocycles. The number of phosphoric acid groups is 1. The van der Waals surface area contributed by atoms with Gasteiger partial charge in [0.1, 0.15) is 6.61 Å². The number of hydrogen-bond donors (Lipinski definition) is 2. The third kappa shape index (κ3) is 48.6. The number of unbranched alkanes of at least 4 members (excludes halogenated alkanes) is 20. The minimum Gasteiger partial charge on any atom is -0.462 e. The molecular formula is C54H94NO8P. The lowest BCUT2D eigenvalue weighted by atomic mass is 10.1. The molecule has 0 aromatic rings. The van der Waals surface area contributed by atoms with Crippen molar-refractivity contribution in [2.24, 2.45) is 5.73 Å². The van der Waals surface area contributed by atoms with Crippen LogP contribution in [-0.2, 0) is 32.7 Å². The maximum atomic E-state index is 12.7. The predicted octanol–water partition coefficient (Wildman–Crippen LogP) is 15.6. The zero-order valence-electron chi connectivity index (χ0n) is 40.7. The topological polar surface area (TPSA) is 134 Å². The highest BCUT2D eigenvalue weighted by Gasteiger charge is 2.26. The molecule has 0 aliphatic heterocycles. The van der Waals surface area contributed by atoms with Gasteiger partial charge in [-0.2, -0.15) is 0 Å². The number of ether oxygens (including phenoxy) is 2. The van der Waals surface area contributed by atoms with Gasteiger partial charge in [-0.3, -0.25) is 18.6 Å². The van der Waals surface area contributed by atoms with E-state index < -0.39 is 32.5 Å². The van der Waals surface area contributed by atoms with Crippen LogP contribution in [0.2, 0.25) is 0 Å². The number of nitrogens with two attached hydrogens (primary N) is 1. The Balaban J connectivity index is 4.09. The molecule has 10 heteroatoms. The van der Waals surface area contributed by atoms with E-state index >= 15 is 0 Å². The summed E-state index contributed by atoms with van der Waals surface area (Å²) < 4.78 is 32.9. The summed E-state index contributed by atoms with van der Waals surface area (Å²) in [5.41, 5.74) is 5.36. The average Bonchev–Trinajstić information content (AvgIpc) is 3.28. The Morgan fingerprint density at radius 1 is 0.484 bits per heavy atom. The summed E-state index contributed by atoms with van der Waals surface area (Å²) >= 11 is 0. The van der Waals surface area contributed by atoms with Crippen molar-refractivity contribution < 1.29 is 37.6 Å². The molecule has 0 rings (SSSR count). The van der Waals surface area contributed by atoms with Crippen LogP contribution in [0.25, 0.3) is 0 Å². The monoisotopic (exact) mass is 916 g/mol. The van der Waals surface area contributed by atoms with Crippen molar-refractivity contribution >= 4 is 19.8 Å². The molecule has 0 spiro atoms. The fourth-order valence-corrected chi connectivity index (χ4v) is 7.52. The van der Waals surface area contributed by atoms with Crippen LogP contribution < -0.4 is 5.73 Å². The number of carbonyl (C=O) groups excluding carboxylic acids is 2. The van der Waals surface area contributed by atoms with Crippen LogP contribution in [0, 0.1) is 0 Å². The van der Waals surface area contributed by atoms with Gasteiger partial charge in [0.2, 0.25) is 0 Å². The van der Waals surface area contributed by atoms with Gasteiger partial charge in [-0.25, -0.2) is 4.57 Å². The van der Waals surface area contributed by atoms with Crippen molar-refractivity contribution in [3.63, 3.8) is 0 Å². The first-order chi connectivity index (χ1) is 31.3. The van der Waals surface area contributed by atoms with Crippen LogP contribution in [0.15, 0.2) is 85.1 Å². The van der Waals surface area contributed by atoms with Crippen molar-refractivity contribution in [3.05, 3.63) is 85.1 Å². The Labute approximate surface area is 392 Å². The van der Waals surface area contributed by atoms with Crippen LogP contribution in [0.5, 0.6) is 0 Å². The molecule has 0 saturated heterocycles. The van der Waals surface area contributed by atoms with E-state index in [1.54, 1.807) is 0 Å². The van der Waals surface area contributed by atoms with Crippen molar-refractivity contribution in [2.45, 2.75) is 219 Å². The summed E-state index contributed by atoms with van der Waals surface area (Å²) in [7, 11) is -4.39. The summed E-state index contributed by atoms with van der Waals surface area (Å²) in [4.78, 5) is 35.0. The highest BCUT2D eigenvalue weighted by atomic mass is 31.2. The van der Waals surface area contributed by atoms with Crippen LogP contribution >= 0.6 is 7.82 Å². The van der Waals surface area contributed by atoms with Gasteiger partial charge in [0.15, 0.2) is 6.10 Å². The zero-order valence-corrected chi connectivity index (χ0v) is 41.6. The number of carbonyl (C=O) groups is 2. The summed E-state index contributed by atoms with van der Waals surface area (Å²) in [6.07, 6.45) is 63.3. The smallest absolute Gasteiger partial charge is 0.462 e. The van der Waals surface area contributed by atoms with E-state index in [1.807, 2.05) is 0 Å². The molecule has 0 heterocycles. The van der Waals surface area contributed by atoms with Gasteiger partial charge < -0.3 is 20.1 Å². The Kier molecular flexibility index (Phi) is 47.4. The van der Waals surface area contributed by atoms with Crippen LogP contribution in [0.4, 0.5) is 0 Å². The van der Waals surface area contributed by atoms with E-state index in [2.05, 4.69) is 98.9 Å². The molecule has 0 aromatic carbocycles. The maximum Gasteiger partial charge on any atom is 0.472 e. The fraction of sp³-hybridized carbons (Fsp3) is 0.704. The molecule has 0 aliphatic rings. The van der Waals surface area contributed by atoms with Gasteiger partial charge in [0.05, 0.1) is 13.2 Å². The third-order valence-corrected chi connectivity index (χ3v) is 11.5. The molecule has 9 nitrogen and oxygen atoms in total. The largest absolute Gasteiger partial charge is 0.472 e. The standard InChI is InChI=1S/C54H94NO8P/c1-3-5-7-9-11-13-15-17-19-21-22-23-24-25-26-27-28-29-30-31-33-35-37-39-41-43-45-47-54(57)63-52(51-62-64(58,59)61-49-48-55)50-60-53(56)46-44-42-40-38-36-34-32-20-18-16-14-12-10-8-6-4-2/h5,7,11,13,17,19-20,22-23,25-26,28-29,32,52H,3-4,6,8-10,12,14-16,18,21,24,27,30-31,33-51,55H2,1-2H3,(H,58,59)/b7-5-,13-11-,19-17-,23-22-,26-25-,29-28-,32-20-. The molecule has 2 atom stereocenters. The number of rotatable bonds is 47. The van der Waals surface area contributed by atoms with Crippen LogP contribution in [0.3, 0.4) is 0 Å². The van der Waals surface area contributed by atoms with Crippen LogP contribution in [0.1, 0.15) is 213 Å². The Morgan fingerprint density at radius 2 is 0.859 bits per heavy atom. The molecule has 0 fully saturated rings. The van der Waals surface area contributed by atoms with Gasteiger partial charge in [-0.15, -0.1) is 0 Å². The molecule has 0 radical (unpaired) electrons. The first-order valence-corrected chi connectivity index (χ1v) is 27.1. The van der Waals surface area contributed by atoms with E-state index in [4.69, 9.17) is 24.3 Å². The van der Waals surface area contributed by atoms with E-state index in [0.717, 1.165) is 103 Å². The third-order valence-electron chi connectivity index (χ3n) is 10.5. The van der Waals surface area contributed by atoms with Gasteiger partial charge >= 0.3 is 19.8 Å². The highest BCUT2D eigenvalue weighted by Crippen LogP contribution is 2.43. The van der Waals surface area contributed by atoms with E-state index in [0.29, 0.717) is 6.42 Å². The molecule has 0 saturated carbocycles. The predicted molar refractivity (Wildman–Crippen MR) is 270 cm³/mol. The van der Waals surface area contributed by atoms with E-state index in [1.165, 1.54) is 77.0 Å². The van der Waals surface area contributed by atoms with Crippen molar-refractivity contribution in [2.75, 3.05) is 26.4 Å². The Bertz CT molecular complexity index is 1320. The quantitative estimate of drug-likeness (QED) is 0.0265. The second-order valence-corrected chi connectivity index (χ2v) is 18.1. The summed E-state index contributed by atoms with van der Waals surface area (Å²) in [6, 6.07) is 0. The van der Waals surface area contributed by atoms with Crippen LogP contribution in [-0.4, -0.2) is 49.3 Å². The molecule has 0 aromatic heterocycles. The lowest BCUT2D eigenvalue weighted by Gasteiger charge is -2.19. The summed E-state index contributed by atoms with van der Waals surface area (Å²) in [5, 5.41) is 0. The number of hydrogen-bond acceptors (Lipinski definition) is 8. The number of allylic oxidation sites excluding steroid dienone is 14. The Hall–Kier alpha value is -2.81. The molecule has 64 heavy (non-hydrogen) atoms. The maximum absolute atomic E-state index is 12.7. The first kappa shape index (κ1) is 61.2. The van der Waals surface area contributed by atoms with Gasteiger partial charge in [0.25, 0.3) is 0 Å². The molecule has 2 unspecified atom stereocenters. The lowest BCUT2D eigenvalue weighted by molar-refractivity contribution is -0.161. The van der Waals surface area contributed by atoms with Gasteiger partial charge in [-0.05, 0) is 89.9 Å². The molecule has 0 bridgehead atoms. The number of esters is 2. The fourth-order valence-electron chi connectivity index (χ4n) is 6.75. The van der Waals surface area contributed by atoms with Crippen molar-refractivity contribution in [3.8, 4) is 0 Å². The van der Waals surface area contributed by atoms with Crippen molar-refractivity contribution in [1.82, 2.24) is 0 Å². The summed E-state index contributed by atoms with van der Waals surface area (Å²) in [6.45, 7) is 3.60. The SMILES string of the molecule is CC/C=C\C/C=C\C/C=C\C/C=C\C/C=C\C/C=C\CCCCCCCCCCC(=O)OC(COC(=O)CCCCCCC/C=C\CCCCCCCCC)COP(=O)(O)OCCN. The minimum atomic E-state index is -4.39. The van der Waals surface area contributed by atoms with Gasteiger partial charge in [0, 0.05) is 19.4 Å². The summed E-state index contributed by atoms with van der Waals surface area (Å²) in [5.74, 6) is -0.850. The second-order valence-electron chi connectivity index (χ2n) is 16.7. The highest BCUT2D eigenvalue weighted by molar-refractivity contribution is 7.47. The number of phosphoric ester groups is 1. The second kappa shape index (κ2) is 49.6. The normalized spacial score (nSPS) is 13.9. The minimum absolute atomic E-state index is 0.0470. The van der Waals surface area contributed by atoms with Crippen molar-refractivity contribution in [1.29, 1.82) is 0 Å². The van der Waals surface area contributed by atoms with Gasteiger partial charge in [-0.1, -0.05) is 195 Å². The van der Waals surface area contributed by atoms with E-state index in [-0.39, 0.29) is 32.6 Å². The molecule has 3 N–H and O–H groups in total. The zero-order chi connectivity index (χ0) is 46.7. The van der Waals surface area contributed by atoms with E-state index in [9.17, 15) is 19.0 Å². The molecule has 0 amide bonds. The lowest BCUT2D eigenvalue weighted by Crippen LogP contribution is -2.29. The average molecular weight is 916 g/mol. The molecular weight excluding hydrogens is 822 g/mol. The first-order valence-electron chi connectivity index (χ1n) is 25.6.